The van der Waals surface area contributed by atoms with Crippen LogP contribution in [0.25, 0.3) is 16.7 Å². The number of fused-ring (bicyclic) bond motifs is 1. The first-order chi connectivity index (χ1) is 15.1. The lowest BCUT2D eigenvalue weighted by molar-refractivity contribution is 0.272. The minimum Gasteiger partial charge on any atom is -0.457 e. The quantitative estimate of drug-likeness (QED) is 0.404. The zero-order valence-corrected chi connectivity index (χ0v) is 17.0. The Morgan fingerprint density at radius 3 is 2.42 bits per heavy atom. The molecule has 8 heteroatoms. The number of para-hydroxylation sites is 1. The molecule has 2 heterocycles. The molecule has 0 saturated heterocycles. The Bertz CT molecular complexity index is 1220. The van der Waals surface area contributed by atoms with E-state index in [2.05, 4.69) is 4.98 Å². The van der Waals surface area contributed by atoms with Crippen molar-refractivity contribution >= 4 is 16.9 Å². The highest BCUT2D eigenvalue weighted by Gasteiger charge is 2.22. The van der Waals surface area contributed by atoms with Crippen molar-refractivity contribution in [3.8, 4) is 17.2 Å². The van der Waals surface area contributed by atoms with Gasteiger partial charge < -0.3 is 21.3 Å². The van der Waals surface area contributed by atoms with Crippen molar-refractivity contribution in [2.45, 2.75) is 18.9 Å². The lowest BCUT2D eigenvalue weighted by atomic mass is 10.1. The molecule has 5 N–H and O–H groups in total. The molecule has 0 fully saturated rings. The number of aromatic nitrogens is 3. The van der Waals surface area contributed by atoms with Crippen LogP contribution in [0.2, 0.25) is 0 Å². The molecule has 0 bridgehead atoms. The van der Waals surface area contributed by atoms with Crippen molar-refractivity contribution in [3.63, 3.8) is 0 Å². The Balaban J connectivity index is 1.79. The molecule has 8 nitrogen and oxygen atoms in total. The Morgan fingerprint density at radius 1 is 1.03 bits per heavy atom. The summed E-state index contributed by atoms with van der Waals surface area (Å²) in [4.78, 5) is 17.7. The van der Waals surface area contributed by atoms with E-state index in [1.165, 1.54) is 0 Å². The van der Waals surface area contributed by atoms with Crippen LogP contribution in [0.15, 0.2) is 71.7 Å². The fraction of sp³-hybridized carbons (Fsp3) is 0.217. The smallest absolute Gasteiger partial charge is 0.334 e. The molecule has 31 heavy (non-hydrogen) atoms. The number of hydrogen-bond donors (Lipinski definition) is 3. The average Bonchev–Trinajstić information content (AvgIpc) is 3.09. The second kappa shape index (κ2) is 9.03. The van der Waals surface area contributed by atoms with Crippen molar-refractivity contribution in [3.05, 3.63) is 77.3 Å². The molecule has 160 valence electrons. The van der Waals surface area contributed by atoms with Gasteiger partial charge in [-0.1, -0.05) is 18.2 Å². The monoisotopic (exact) mass is 419 g/mol. The maximum Gasteiger partial charge on any atom is 0.334 e. The molecule has 0 amide bonds. The number of benzene rings is 2. The molecule has 0 spiro atoms. The van der Waals surface area contributed by atoms with E-state index in [1.807, 2.05) is 30.3 Å². The SMILES string of the molecule is NC[C@@H](CCCO)n1c(=O)n(-c2ccc(Oc3ccccc3)cc2)c2c(N)nccc21. The maximum atomic E-state index is 13.5. The maximum absolute atomic E-state index is 13.5. The highest BCUT2D eigenvalue weighted by Crippen LogP contribution is 2.27. The molecular formula is C23H25N5O3. The minimum atomic E-state index is -0.258. The molecule has 0 saturated carbocycles. The molecule has 1 atom stereocenters. The van der Waals surface area contributed by atoms with E-state index in [4.69, 9.17) is 16.2 Å². The summed E-state index contributed by atoms with van der Waals surface area (Å²) in [6.45, 7) is 0.307. The number of nitrogens with zero attached hydrogens (tertiary/aromatic N) is 3. The minimum absolute atomic E-state index is 0.0382. The Labute approximate surface area is 179 Å². The van der Waals surface area contributed by atoms with Crippen molar-refractivity contribution in [1.29, 1.82) is 0 Å². The lowest BCUT2D eigenvalue weighted by Gasteiger charge is -2.16. The normalized spacial score (nSPS) is 12.2. The third-order valence-corrected chi connectivity index (χ3v) is 5.22. The van der Waals surface area contributed by atoms with E-state index in [0.29, 0.717) is 35.3 Å². The number of aliphatic hydroxyl groups is 1. The summed E-state index contributed by atoms with van der Waals surface area (Å²) in [7, 11) is 0. The first kappa shape index (κ1) is 20.6. The number of ether oxygens (including phenoxy) is 1. The van der Waals surface area contributed by atoms with E-state index < -0.39 is 0 Å². The van der Waals surface area contributed by atoms with Crippen LogP contribution >= 0.6 is 0 Å². The first-order valence-corrected chi connectivity index (χ1v) is 10.2. The van der Waals surface area contributed by atoms with Crippen molar-refractivity contribution in [2.75, 3.05) is 18.9 Å². The van der Waals surface area contributed by atoms with Gasteiger partial charge in [0.1, 0.15) is 22.8 Å². The second-order valence-corrected chi connectivity index (χ2v) is 7.22. The molecule has 2 aromatic heterocycles. The summed E-state index contributed by atoms with van der Waals surface area (Å²) in [5.74, 6) is 1.64. The van der Waals surface area contributed by atoms with E-state index in [0.717, 1.165) is 5.75 Å². The third kappa shape index (κ3) is 4.03. The van der Waals surface area contributed by atoms with E-state index in [9.17, 15) is 9.90 Å². The van der Waals surface area contributed by atoms with Crippen LogP contribution in [-0.2, 0) is 0 Å². The van der Waals surface area contributed by atoms with E-state index in [1.54, 1.807) is 45.7 Å². The predicted molar refractivity (Wildman–Crippen MR) is 121 cm³/mol. The lowest BCUT2D eigenvalue weighted by Crippen LogP contribution is -2.31. The van der Waals surface area contributed by atoms with Crippen molar-refractivity contribution < 1.29 is 9.84 Å². The first-order valence-electron chi connectivity index (χ1n) is 10.2. The van der Waals surface area contributed by atoms with Crippen LogP contribution in [0, 0.1) is 0 Å². The molecule has 0 aliphatic heterocycles. The van der Waals surface area contributed by atoms with Gasteiger partial charge in [0.2, 0.25) is 0 Å². The molecule has 0 radical (unpaired) electrons. The van der Waals surface area contributed by atoms with Crippen LogP contribution in [0.1, 0.15) is 18.9 Å². The molecular weight excluding hydrogens is 394 g/mol. The number of imidazole rings is 1. The van der Waals surface area contributed by atoms with Crippen LogP contribution in [0.3, 0.4) is 0 Å². The highest BCUT2D eigenvalue weighted by atomic mass is 16.5. The van der Waals surface area contributed by atoms with Crippen LogP contribution in [-0.4, -0.2) is 32.4 Å². The van der Waals surface area contributed by atoms with Gasteiger partial charge in [0.15, 0.2) is 0 Å². The molecule has 0 aliphatic carbocycles. The zero-order valence-electron chi connectivity index (χ0n) is 17.0. The van der Waals surface area contributed by atoms with Gasteiger partial charge in [-0.05, 0) is 55.3 Å². The highest BCUT2D eigenvalue weighted by molar-refractivity contribution is 5.87. The number of rotatable bonds is 8. The van der Waals surface area contributed by atoms with Gasteiger partial charge in [-0.25, -0.2) is 9.78 Å². The van der Waals surface area contributed by atoms with E-state index >= 15 is 0 Å². The Hall–Kier alpha value is -3.62. The fourth-order valence-corrected chi connectivity index (χ4v) is 3.75. The number of aliphatic hydroxyl groups excluding tert-OH is 1. The Morgan fingerprint density at radius 2 is 1.74 bits per heavy atom. The third-order valence-electron chi connectivity index (χ3n) is 5.22. The van der Waals surface area contributed by atoms with Gasteiger partial charge in [-0.3, -0.25) is 9.13 Å². The van der Waals surface area contributed by atoms with Gasteiger partial charge in [0.25, 0.3) is 0 Å². The van der Waals surface area contributed by atoms with Gasteiger partial charge in [-0.2, -0.15) is 0 Å². The number of anilines is 1. The number of pyridine rings is 1. The number of nitrogens with two attached hydrogens (primary N) is 2. The average molecular weight is 419 g/mol. The summed E-state index contributed by atoms with van der Waals surface area (Å²) >= 11 is 0. The van der Waals surface area contributed by atoms with Crippen LogP contribution in [0.5, 0.6) is 11.5 Å². The molecule has 0 aliphatic rings. The van der Waals surface area contributed by atoms with E-state index in [-0.39, 0.29) is 30.7 Å². The molecule has 0 unspecified atom stereocenters. The molecule has 4 rings (SSSR count). The van der Waals surface area contributed by atoms with Crippen molar-refractivity contribution in [1.82, 2.24) is 14.1 Å². The second-order valence-electron chi connectivity index (χ2n) is 7.22. The largest absolute Gasteiger partial charge is 0.457 e. The van der Waals surface area contributed by atoms with Crippen LogP contribution in [0.4, 0.5) is 5.82 Å². The number of hydrogen-bond acceptors (Lipinski definition) is 6. The van der Waals surface area contributed by atoms with Gasteiger partial charge in [-0.15, -0.1) is 0 Å². The summed E-state index contributed by atoms with van der Waals surface area (Å²) in [5.41, 5.74) is 13.7. The summed E-state index contributed by atoms with van der Waals surface area (Å²) in [6, 6.07) is 18.2. The summed E-state index contributed by atoms with van der Waals surface area (Å²) in [5, 5.41) is 9.22. The fourth-order valence-electron chi connectivity index (χ4n) is 3.75. The zero-order chi connectivity index (χ0) is 21.8. The van der Waals surface area contributed by atoms with Gasteiger partial charge in [0, 0.05) is 19.3 Å². The Kier molecular flexibility index (Phi) is 6.01. The summed E-state index contributed by atoms with van der Waals surface area (Å²) in [6.07, 6.45) is 2.71. The topological polar surface area (TPSA) is 121 Å². The predicted octanol–water partition coefficient (Wildman–Crippen LogP) is 2.83. The summed E-state index contributed by atoms with van der Waals surface area (Å²) < 4.78 is 9.04. The van der Waals surface area contributed by atoms with Gasteiger partial charge >= 0.3 is 5.69 Å². The number of nitrogen functional groups attached to an aromatic ring is 1. The van der Waals surface area contributed by atoms with Crippen LogP contribution < -0.4 is 21.9 Å². The standard InChI is InChI=1S/C23H25N5O3/c24-15-17(5-4-14-29)27-20-12-13-26-22(25)21(20)28(23(27)30)16-8-10-19(11-9-16)31-18-6-2-1-3-7-18/h1-3,6-13,17,29H,4-5,14-15,24H2,(H2,25,26)/t17-/m1/s1. The van der Waals surface area contributed by atoms with Crippen molar-refractivity contribution in [2.24, 2.45) is 5.73 Å². The molecule has 2 aromatic carbocycles. The van der Waals surface area contributed by atoms with Gasteiger partial charge in [0.05, 0.1) is 17.2 Å². The molecule has 4 aromatic rings.